The van der Waals surface area contributed by atoms with Crippen molar-refractivity contribution in [2.45, 2.75) is 76.1 Å². The lowest BCUT2D eigenvalue weighted by Gasteiger charge is -2.28. The van der Waals surface area contributed by atoms with Crippen LogP contribution < -0.4 is 0 Å². The van der Waals surface area contributed by atoms with Gasteiger partial charge in [0, 0.05) is 12.8 Å². The van der Waals surface area contributed by atoms with Gasteiger partial charge in [-0.1, -0.05) is 42.5 Å². The Morgan fingerprint density at radius 1 is 1.20 bits per heavy atom. The minimum absolute atomic E-state index is 0.245. The first kappa shape index (κ1) is 23.4. The number of aliphatic carboxylic acids is 1. The van der Waals surface area contributed by atoms with E-state index < -0.39 is 11.6 Å². The van der Waals surface area contributed by atoms with Gasteiger partial charge >= 0.3 is 5.97 Å². The third kappa shape index (κ3) is 7.14. The van der Waals surface area contributed by atoms with Gasteiger partial charge in [-0.15, -0.1) is 0 Å². The number of benzene rings is 1. The molecule has 0 saturated carbocycles. The Kier molecular flexibility index (Phi) is 8.84. The van der Waals surface area contributed by atoms with Crippen molar-refractivity contribution >= 4 is 17.7 Å². The van der Waals surface area contributed by atoms with Gasteiger partial charge in [-0.3, -0.25) is 4.79 Å². The first-order valence-electron chi connectivity index (χ1n) is 11.3. The van der Waals surface area contributed by atoms with E-state index in [0.717, 1.165) is 30.8 Å². The van der Waals surface area contributed by atoms with Gasteiger partial charge in [0.25, 0.3) is 0 Å². The molecule has 2 N–H and O–H groups in total. The summed E-state index contributed by atoms with van der Waals surface area (Å²) < 4.78 is 6.21. The van der Waals surface area contributed by atoms with Crippen molar-refractivity contribution in [2.75, 3.05) is 11.5 Å². The van der Waals surface area contributed by atoms with Crippen LogP contribution in [0.4, 0.5) is 0 Å². The number of hydrogen-bond acceptors (Lipinski definition) is 4. The summed E-state index contributed by atoms with van der Waals surface area (Å²) in [5.74, 6) is 2.52. The van der Waals surface area contributed by atoms with Gasteiger partial charge in [0.1, 0.15) is 0 Å². The Bertz CT molecular complexity index is 688. The largest absolute Gasteiger partial charge is 0.481 e. The molecule has 4 nitrogen and oxygen atoms in total. The molecular weight excluding hydrogens is 396 g/mol. The third-order valence-electron chi connectivity index (χ3n) is 6.45. The Morgan fingerprint density at radius 2 is 1.93 bits per heavy atom. The van der Waals surface area contributed by atoms with Crippen molar-refractivity contribution in [2.24, 2.45) is 11.8 Å². The van der Waals surface area contributed by atoms with Crippen LogP contribution in [0.5, 0.6) is 0 Å². The molecule has 1 aromatic rings. The molecule has 2 aliphatic heterocycles. The fourth-order valence-electron chi connectivity index (χ4n) is 4.81. The van der Waals surface area contributed by atoms with Crippen molar-refractivity contribution in [3.8, 4) is 0 Å². The highest BCUT2D eigenvalue weighted by molar-refractivity contribution is 7.99. The molecule has 0 amide bonds. The zero-order valence-corrected chi connectivity index (χ0v) is 18.9. The number of allylic oxidation sites excluding steroid dienone is 2. The molecule has 1 aromatic carbocycles. The number of hydrogen-bond donors (Lipinski definition) is 2. The number of carboxylic acids is 1. The highest BCUT2D eigenvalue weighted by atomic mass is 32.2. The van der Waals surface area contributed by atoms with Crippen LogP contribution >= 0.6 is 11.8 Å². The maximum atomic E-state index is 10.8. The van der Waals surface area contributed by atoms with Crippen molar-refractivity contribution in [3.63, 3.8) is 0 Å². The van der Waals surface area contributed by atoms with Crippen LogP contribution in [-0.2, 0) is 16.0 Å². The van der Waals surface area contributed by atoms with Crippen molar-refractivity contribution in [3.05, 3.63) is 48.0 Å². The molecule has 5 heteroatoms. The highest BCUT2D eigenvalue weighted by Crippen LogP contribution is 2.46. The molecule has 5 atom stereocenters. The summed E-state index contributed by atoms with van der Waals surface area (Å²) in [4.78, 5) is 10.6. The van der Waals surface area contributed by atoms with Crippen LogP contribution in [0.15, 0.2) is 42.5 Å². The monoisotopic (exact) mass is 432 g/mol. The lowest BCUT2D eigenvalue weighted by molar-refractivity contribution is -0.137. The fourth-order valence-corrected chi connectivity index (χ4v) is 6.29. The lowest BCUT2D eigenvalue weighted by Crippen LogP contribution is -2.30. The molecule has 1 unspecified atom stereocenters. The van der Waals surface area contributed by atoms with Crippen LogP contribution in [0, 0.1) is 11.8 Å². The zero-order valence-electron chi connectivity index (χ0n) is 18.0. The van der Waals surface area contributed by atoms with E-state index in [2.05, 4.69) is 24.3 Å². The highest BCUT2D eigenvalue weighted by Gasteiger charge is 2.47. The van der Waals surface area contributed by atoms with E-state index in [0.29, 0.717) is 36.9 Å². The molecule has 0 spiro atoms. The molecule has 0 aromatic heterocycles. The Hall–Kier alpha value is -1.30. The van der Waals surface area contributed by atoms with Gasteiger partial charge in [0.15, 0.2) is 0 Å². The second-order valence-electron chi connectivity index (χ2n) is 9.10. The van der Waals surface area contributed by atoms with Crippen LogP contribution in [0.3, 0.4) is 0 Å². The molecule has 0 radical (unpaired) electrons. The predicted molar refractivity (Wildman–Crippen MR) is 123 cm³/mol. The van der Waals surface area contributed by atoms with Gasteiger partial charge in [0.2, 0.25) is 0 Å². The van der Waals surface area contributed by atoms with Gasteiger partial charge in [0.05, 0.1) is 17.8 Å². The number of carbonyl (C=O) groups is 1. The average molecular weight is 433 g/mol. The summed E-state index contributed by atoms with van der Waals surface area (Å²) in [6, 6.07) is 10.2. The Morgan fingerprint density at radius 3 is 2.67 bits per heavy atom. The zero-order chi connectivity index (χ0) is 21.4. The molecule has 2 bridgehead atoms. The Balaban J connectivity index is 1.39. The van der Waals surface area contributed by atoms with E-state index in [1.807, 2.05) is 36.9 Å². The van der Waals surface area contributed by atoms with Gasteiger partial charge in [-0.05, 0) is 74.4 Å². The first-order chi connectivity index (χ1) is 14.4. The molecular formula is C25H36O4S. The molecule has 3 rings (SSSR count). The number of ether oxygens (including phenoxy) is 1. The second-order valence-corrected chi connectivity index (χ2v) is 10.2. The van der Waals surface area contributed by atoms with E-state index in [1.54, 1.807) is 0 Å². The van der Waals surface area contributed by atoms with Crippen molar-refractivity contribution in [1.82, 2.24) is 0 Å². The van der Waals surface area contributed by atoms with Gasteiger partial charge in [-0.2, -0.15) is 11.8 Å². The maximum absolute atomic E-state index is 10.8. The minimum atomic E-state index is -0.718. The summed E-state index contributed by atoms with van der Waals surface area (Å²) in [5, 5.41) is 19.5. The molecule has 2 saturated heterocycles. The van der Waals surface area contributed by atoms with Crippen molar-refractivity contribution in [1.29, 1.82) is 0 Å². The number of carboxylic acid groups (broad SMARTS) is 1. The Labute approximate surface area is 185 Å². The molecule has 2 fully saturated rings. The van der Waals surface area contributed by atoms with E-state index in [-0.39, 0.29) is 6.42 Å². The van der Waals surface area contributed by atoms with Crippen LogP contribution in [-0.4, -0.2) is 45.5 Å². The molecule has 2 heterocycles. The number of rotatable bonds is 13. The standard InChI is InChI=1S/C25H36O4S/c1-25(28,17-19-9-5-4-6-10-19)15-16-30-18-21-20(22-13-14-23(21)29-22)11-7-2-3-8-12-24(26)27/h2,4-7,9-10,20-23,28H,3,8,11-18H2,1H3,(H,26,27)/b7-2-/t20-,21+,22-,23+,25?/m1/s1. The average Bonchev–Trinajstić information content (AvgIpc) is 3.30. The summed E-state index contributed by atoms with van der Waals surface area (Å²) >= 11 is 1.95. The maximum Gasteiger partial charge on any atom is 0.303 e. The summed E-state index contributed by atoms with van der Waals surface area (Å²) in [6.45, 7) is 1.94. The van der Waals surface area contributed by atoms with Gasteiger partial charge < -0.3 is 14.9 Å². The van der Waals surface area contributed by atoms with E-state index in [1.165, 1.54) is 18.4 Å². The number of fused-ring (bicyclic) bond motifs is 2. The quantitative estimate of drug-likeness (QED) is 0.335. The second kappa shape index (κ2) is 11.4. The number of aliphatic hydroxyl groups is 1. The van der Waals surface area contributed by atoms with Crippen molar-refractivity contribution < 1.29 is 19.7 Å². The van der Waals surface area contributed by atoms with Crippen LogP contribution in [0.25, 0.3) is 0 Å². The van der Waals surface area contributed by atoms with Gasteiger partial charge in [-0.25, -0.2) is 0 Å². The predicted octanol–water partition coefficient (Wildman–Crippen LogP) is 5.10. The minimum Gasteiger partial charge on any atom is -0.481 e. The van der Waals surface area contributed by atoms with E-state index >= 15 is 0 Å². The molecule has 2 aliphatic rings. The molecule has 166 valence electrons. The van der Waals surface area contributed by atoms with Crippen LogP contribution in [0.2, 0.25) is 0 Å². The number of unbranched alkanes of at least 4 members (excludes halogenated alkanes) is 1. The normalized spacial score (nSPS) is 27.5. The first-order valence-corrected chi connectivity index (χ1v) is 12.5. The van der Waals surface area contributed by atoms with E-state index in [9.17, 15) is 9.90 Å². The van der Waals surface area contributed by atoms with E-state index in [4.69, 9.17) is 9.84 Å². The smallest absolute Gasteiger partial charge is 0.303 e. The third-order valence-corrected chi connectivity index (χ3v) is 7.56. The SMILES string of the molecule is CC(O)(CCSC[C@H]1[C@@H](C/C=C\CCCC(=O)O)[C@H]2CC[C@@H]1O2)Cc1ccccc1. The summed E-state index contributed by atoms with van der Waals surface area (Å²) in [7, 11) is 0. The molecule has 30 heavy (non-hydrogen) atoms. The topological polar surface area (TPSA) is 66.8 Å². The molecule has 0 aliphatic carbocycles. The number of thioether (sulfide) groups is 1. The lowest BCUT2D eigenvalue weighted by atomic mass is 9.78. The summed E-state index contributed by atoms with van der Waals surface area (Å²) in [6.07, 6.45) is 11.8. The van der Waals surface area contributed by atoms with Crippen LogP contribution in [0.1, 0.15) is 57.4 Å². The summed E-state index contributed by atoms with van der Waals surface area (Å²) in [5.41, 5.74) is 0.515. The fraction of sp³-hybridized carbons (Fsp3) is 0.640.